The van der Waals surface area contributed by atoms with Crippen LogP contribution in [0.1, 0.15) is 32.1 Å². The van der Waals surface area contributed by atoms with Crippen LogP contribution < -0.4 is 4.72 Å². The zero-order chi connectivity index (χ0) is 17.7. The minimum Gasteiger partial charge on any atom is -0.395 e. The summed E-state index contributed by atoms with van der Waals surface area (Å²) in [6.45, 7) is 0.525. The molecule has 3 rings (SSSR count). The average molecular weight is 365 g/mol. The van der Waals surface area contributed by atoms with Crippen molar-refractivity contribution in [2.24, 2.45) is 5.92 Å². The van der Waals surface area contributed by atoms with Crippen LogP contribution in [0.2, 0.25) is 0 Å². The Morgan fingerprint density at radius 3 is 2.56 bits per heavy atom. The van der Waals surface area contributed by atoms with Crippen molar-refractivity contribution in [3.63, 3.8) is 0 Å². The summed E-state index contributed by atoms with van der Waals surface area (Å²) in [5, 5.41) is 21.3. The Morgan fingerprint density at radius 1 is 1.16 bits per heavy atom. The summed E-state index contributed by atoms with van der Waals surface area (Å²) in [6, 6.07) is 6.32. The van der Waals surface area contributed by atoms with E-state index in [1.807, 2.05) is 0 Å². The molecule has 0 saturated heterocycles. The molecule has 1 fully saturated rings. The van der Waals surface area contributed by atoms with E-state index < -0.39 is 10.0 Å². The summed E-state index contributed by atoms with van der Waals surface area (Å²) in [5.41, 5.74) is 0.719. The number of aliphatic hydroxyl groups excluding tert-OH is 1. The van der Waals surface area contributed by atoms with Gasteiger partial charge in [-0.05, 0) is 48.2 Å². The van der Waals surface area contributed by atoms with E-state index in [0.29, 0.717) is 11.7 Å². The molecule has 1 aliphatic carbocycles. The highest BCUT2D eigenvalue weighted by Crippen LogP contribution is 2.25. The van der Waals surface area contributed by atoms with Crippen LogP contribution in [0.15, 0.2) is 29.2 Å². The molecular weight excluding hydrogens is 342 g/mol. The molecule has 1 saturated carbocycles. The first-order chi connectivity index (χ1) is 12.1. The van der Waals surface area contributed by atoms with Crippen LogP contribution in [0, 0.1) is 5.92 Å². The molecular formula is C16H23N5O3S. The predicted octanol–water partition coefficient (Wildman–Crippen LogP) is 1.19. The van der Waals surface area contributed by atoms with Crippen LogP contribution in [-0.2, 0) is 16.6 Å². The largest absolute Gasteiger partial charge is 0.395 e. The molecule has 1 aromatic carbocycles. The number of aliphatic hydroxyl groups is 1. The fourth-order valence-electron chi connectivity index (χ4n) is 3.08. The van der Waals surface area contributed by atoms with E-state index in [-0.39, 0.29) is 18.0 Å². The van der Waals surface area contributed by atoms with Gasteiger partial charge in [0.25, 0.3) is 0 Å². The van der Waals surface area contributed by atoms with Crippen LogP contribution in [0.3, 0.4) is 0 Å². The van der Waals surface area contributed by atoms with Gasteiger partial charge in [0.1, 0.15) is 0 Å². The van der Waals surface area contributed by atoms with E-state index in [1.165, 1.54) is 44.2 Å². The molecule has 136 valence electrons. The second-order valence-electron chi connectivity index (χ2n) is 6.32. The lowest BCUT2D eigenvalue weighted by atomic mass is 9.89. The lowest BCUT2D eigenvalue weighted by Crippen LogP contribution is -2.26. The van der Waals surface area contributed by atoms with E-state index in [2.05, 4.69) is 20.1 Å². The molecule has 2 N–H and O–H groups in total. The number of hydrogen-bond donors (Lipinski definition) is 2. The highest BCUT2D eigenvalue weighted by Gasteiger charge is 2.17. The third kappa shape index (κ3) is 4.62. The molecule has 25 heavy (non-hydrogen) atoms. The van der Waals surface area contributed by atoms with Crippen molar-refractivity contribution in [2.45, 2.75) is 43.5 Å². The van der Waals surface area contributed by atoms with Crippen molar-refractivity contribution in [2.75, 3.05) is 13.2 Å². The van der Waals surface area contributed by atoms with Gasteiger partial charge in [-0.25, -0.2) is 13.1 Å². The fraction of sp³-hybridized carbons (Fsp3) is 0.562. The Labute approximate surface area is 147 Å². The summed E-state index contributed by atoms with van der Waals surface area (Å²) in [7, 11) is -3.61. The fourth-order valence-corrected chi connectivity index (χ4v) is 4.10. The van der Waals surface area contributed by atoms with Gasteiger partial charge in [-0.3, -0.25) is 0 Å². The number of rotatable bonds is 7. The van der Waals surface area contributed by atoms with Crippen LogP contribution in [0.5, 0.6) is 0 Å². The number of aromatic nitrogens is 4. The zero-order valence-corrected chi connectivity index (χ0v) is 14.8. The van der Waals surface area contributed by atoms with Gasteiger partial charge in [-0.15, -0.1) is 10.2 Å². The van der Waals surface area contributed by atoms with Crippen molar-refractivity contribution in [1.82, 2.24) is 24.9 Å². The van der Waals surface area contributed by atoms with Gasteiger partial charge >= 0.3 is 0 Å². The lowest BCUT2D eigenvalue weighted by Gasteiger charge is -2.20. The Bertz CT molecular complexity index is 782. The van der Waals surface area contributed by atoms with Crippen molar-refractivity contribution in [3.8, 4) is 11.4 Å². The lowest BCUT2D eigenvalue weighted by molar-refractivity contribution is 0.291. The molecule has 9 heteroatoms. The summed E-state index contributed by atoms with van der Waals surface area (Å²) in [5.74, 6) is 1.10. The number of nitrogens with zero attached hydrogens (tertiary/aromatic N) is 4. The Balaban J connectivity index is 1.68. The molecule has 0 unspecified atom stereocenters. The molecule has 8 nitrogen and oxygen atoms in total. The number of hydrogen-bond acceptors (Lipinski definition) is 6. The van der Waals surface area contributed by atoms with Crippen molar-refractivity contribution in [3.05, 3.63) is 24.3 Å². The third-order valence-corrected chi connectivity index (χ3v) is 5.90. The standard InChI is InChI=1S/C16H23N5O3S/c22-11-10-17-25(23,24)15-8-6-14(7-9-15)16-18-20-21(19-16)12-13-4-2-1-3-5-13/h6-9,13,17,22H,1-5,10-12H2. The number of nitrogens with one attached hydrogen (secondary N) is 1. The third-order valence-electron chi connectivity index (χ3n) is 4.43. The van der Waals surface area contributed by atoms with E-state index in [4.69, 9.17) is 5.11 Å². The molecule has 1 heterocycles. The number of sulfonamides is 1. The molecule has 1 aromatic heterocycles. The second kappa shape index (κ2) is 8.03. The van der Waals surface area contributed by atoms with E-state index in [0.717, 1.165) is 12.1 Å². The Kier molecular flexibility index (Phi) is 5.77. The van der Waals surface area contributed by atoms with E-state index in [9.17, 15) is 8.42 Å². The van der Waals surface area contributed by atoms with Crippen molar-refractivity contribution >= 4 is 10.0 Å². The van der Waals surface area contributed by atoms with E-state index in [1.54, 1.807) is 16.9 Å². The SMILES string of the molecule is O=S(=O)(NCCO)c1ccc(-c2nnn(CC3CCCCC3)n2)cc1. The molecule has 2 aromatic rings. The monoisotopic (exact) mass is 365 g/mol. The maximum Gasteiger partial charge on any atom is 0.240 e. The first-order valence-electron chi connectivity index (χ1n) is 8.57. The topological polar surface area (TPSA) is 110 Å². The maximum atomic E-state index is 12.0. The number of benzene rings is 1. The van der Waals surface area contributed by atoms with Crippen LogP contribution in [0.25, 0.3) is 11.4 Å². The van der Waals surface area contributed by atoms with Crippen LogP contribution in [-0.4, -0.2) is 46.9 Å². The normalized spacial score (nSPS) is 16.2. The van der Waals surface area contributed by atoms with Gasteiger partial charge in [-0.1, -0.05) is 19.3 Å². The average Bonchev–Trinajstić information content (AvgIpc) is 3.09. The number of tetrazole rings is 1. The minimum absolute atomic E-state index is 0.0128. The molecule has 0 radical (unpaired) electrons. The summed E-state index contributed by atoms with van der Waals surface area (Å²) < 4.78 is 26.3. The molecule has 0 spiro atoms. The molecule has 0 aliphatic heterocycles. The Morgan fingerprint density at radius 2 is 1.88 bits per heavy atom. The van der Waals surface area contributed by atoms with Crippen LogP contribution >= 0.6 is 0 Å². The van der Waals surface area contributed by atoms with Gasteiger partial charge in [0.2, 0.25) is 15.8 Å². The van der Waals surface area contributed by atoms with E-state index >= 15 is 0 Å². The van der Waals surface area contributed by atoms with Gasteiger partial charge in [0, 0.05) is 12.1 Å². The zero-order valence-electron chi connectivity index (χ0n) is 14.0. The quantitative estimate of drug-likeness (QED) is 0.763. The highest BCUT2D eigenvalue weighted by atomic mass is 32.2. The van der Waals surface area contributed by atoms with Gasteiger partial charge in [0.15, 0.2) is 0 Å². The minimum atomic E-state index is -3.61. The van der Waals surface area contributed by atoms with Crippen molar-refractivity contribution < 1.29 is 13.5 Å². The first-order valence-corrected chi connectivity index (χ1v) is 10.1. The smallest absolute Gasteiger partial charge is 0.240 e. The van der Waals surface area contributed by atoms with Crippen molar-refractivity contribution in [1.29, 1.82) is 0 Å². The second-order valence-corrected chi connectivity index (χ2v) is 8.08. The Hall–Kier alpha value is -1.84. The van der Waals surface area contributed by atoms with Crippen LogP contribution in [0.4, 0.5) is 0 Å². The van der Waals surface area contributed by atoms with Gasteiger partial charge < -0.3 is 5.11 Å². The first kappa shape index (κ1) is 18.0. The predicted molar refractivity (Wildman–Crippen MR) is 92.1 cm³/mol. The molecule has 0 amide bonds. The maximum absolute atomic E-state index is 12.0. The molecule has 0 bridgehead atoms. The van der Waals surface area contributed by atoms with Gasteiger partial charge in [0.05, 0.1) is 18.0 Å². The summed E-state index contributed by atoms with van der Waals surface area (Å²) in [4.78, 5) is 1.78. The molecule has 0 atom stereocenters. The van der Waals surface area contributed by atoms with Gasteiger partial charge in [-0.2, -0.15) is 4.80 Å². The summed E-state index contributed by atoms with van der Waals surface area (Å²) in [6.07, 6.45) is 6.28. The highest BCUT2D eigenvalue weighted by molar-refractivity contribution is 7.89. The molecule has 1 aliphatic rings. The summed E-state index contributed by atoms with van der Waals surface area (Å²) >= 11 is 0.